The van der Waals surface area contributed by atoms with Crippen molar-refractivity contribution in [1.29, 1.82) is 0 Å². The van der Waals surface area contributed by atoms with E-state index < -0.39 is 5.63 Å². The predicted molar refractivity (Wildman–Crippen MR) is 174 cm³/mol. The molecule has 2 aromatic carbocycles. The smallest absolute Gasteiger partial charge is 0.336 e. The molecule has 0 saturated carbocycles. The van der Waals surface area contributed by atoms with Gasteiger partial charge in [0.15, 0.2) is 0 Å². The number of benzene rings is 2. The molecule has 1 amide bonds. The number of fused-ring (bicyclic) bond motifs is 2. The first-order chi connectivity index (χ1) is 20.7. The summed E-state index contributed by atoms with van der Waals surface area (Å²) < 4.78 is 5.36. The first-order valence-corrected chi connectivity index (χ1v) is 15.1. The predicted octanol–water partition coefficient (Wildman–Crippen LogP) is 5.28. The Morgan fingerprint density at radius 1 is 0.977 bits per heavy atom. The maximum Gasteiger partial charge on any atom is 0.336 e. The lowest BCUT2D eigenvalue weighted by molar-refractivity contribution is -0.123. The minimum atomic E-state index is -0.469. The lowest BCUT2D eigenvalue weighted by atomic mass is 10.0. The number of carbonyl (C=O) groups excluding carboxylic acids is 2. The van der Waals surface area contributed by atoms with Crippen LogP contribution in [0.5, 0.6) is 0 Å². The number of nitrogens with one attached hydrogen (secondary N) is 2. The highest BCUT2D eigenvalue weighted by Gasteiger charge is 2.13. The van der Waals surface area contributed by atoms with Crippen LogP contribution in [0.15, 0.2) is 63.9 Å². The van der Waals surface area contributed by atoms with Gasteiger partial charge in [-0.05, 0) is 74.3 Å². The van der Waals surface area contributed by atoms with Crippen molar-refractivity contribution in [3.63, 3.8) is 0 Å². The summed E-state index contributed by atoms with van der Waals surface area (Å²) in [6.45, 7) is 5.24. The van der Waals surface area contributed by atoms with Gasteiger partial charge in [-0.25, -0.2) is 4.79 Å². The van der Waals surface area contributed by atoms with Gasteiger partial charge < -0.3 is 20.0 Å². The maximum absolute atomic E-state index is 12.7. The molecule has 0 aliphatic rings. The molecule has 2 N–H and O–H groups in total. The second-order valence-electron chi connectivity index (χ2n) is 10.9. The van der Waals surface area contributed by atoms with Crippen LogP contribution >= 0.6 is 11.6 Å². The van der Waals surface area contributed by atoms with Crippen LogP contribution in [-0.4, -0.2) is 68.4 Å². The molecule has 10 heteroatoms. The largest absolute Gasteiger partial charge is 0.423 e. The monoisotopic (exact) mass is 605 g/mol. The summed E-state index contributed by atoms with van der Waals surface area (Å²) >= 11 is 6.08. The molecule has 9 nitrogen and oxygen atoms in total. The molecule has 0 spiro atoms. The van der Waals surface area contributed by atoms with Crippen LogP contribution in [0.25, 0.3) is 21.9 Å². The van der Waals surface area contributed by atoms with Gasteiger partial charge in [0.25, 0.3) is 0 Å². The number of amides is 1. The Balaban J connectivity index is 1.14. The molecule has 0 saturated heterocycles. The van der Waals surface area contributed by atoms with E-state index in [0.29, 0.717) is 42.1 Å². The topological polar surface area (TPSA) is 108 Å². The summed E-state index contributed by atoms with van der Waals surface area (Å²) in [6.07, 6.45) is 4.72. The molecule has 4 rings (SSSR count). The highest BCUT2D eigenvalue weighted by molar-refractivity contribution is 6.31. The van der Waals surface area contributed by atoms with Gasteiger partial charge in [-0.15, -0.1) is 0 Å². The molecule has 0 fully saturated rings. The van der Waals surface area contributed by atoms with Gasteiger partial charge in [0, 0.05) is 85.5 Å². The second kappa shape index (κ2) is 15.5. The molecular formula is C33H40ClN5O4. The fraction of sp³-hybridized carbons (Fsp3) is 0.394. The normalized spacial score (nSPS) is 11.3. The zero-order chi connectivity index (χ0) is 30.8. The molecular weight excluding hydrogens is 566 g/mol. The van der Waals surface area contributed by atoms with Gasteiger partial charge in [-0.2, -0.15) is 0 Å². The number of unbranched alkanes of at least 4 members (excludes halogenated alkanes) is 1. The zero-order valence-corrected chi connectivity index (χ0v) is 25.9. The first-order valence-electron chi connectivity index (χ1n) is 14.8. The van der Waals surface area contributed by atoms with E-state index in [9.17, 15) is 14.4 Å². The van der Waals surface area contributed by atoms with Gasteiger partial charge in [-0.1, -0.05) is 18.5 Å². The van der Waals surface area contributed by atoms with Crippen molar-refractivity contribution in [1.82, 2.24) is 15.2 Å². The minimum Gasteiger partial charge on any atom is -0.423 e. The summed E-state index contributed by atoms with van der Waals surface area (Å²) in [4.78, 5) is 45.7. The van der Waals surface area contributed by atoms with E-state index in [0.717, 1.165) is 60.1 Å². The Morgan fingerprint density at radius 2 is 1.79 bits per heavy atom. The van der Waals surface area contributed by atoms with Crippen LogP contribution in [0, 0.1) is 0 Å². The van der Waals surface area contributed by atoms with Gasteiger partial charge in [0.2, 0.25) is 5.91 Å². The Labute approximate surface area is 257 Å². The van der Waals surface area contributed by atoms with Gasteiger partial charge in [-0.3, -0.25) is 19.5 Å². The van der Waals surface area contributed by atoms with E-state index in [4.69, 9.17) is 16.0 Å². The van der Waals surface area contributed by atoms with Crippen LogP contribution < -0.4 is 21.2 Å². The third-order valence-corrected chi connectivity index (χ3v) is 7.64. The zero-order valence-electron chi connectivity index (χ0n) is 25.1. The lowest BCUT2D eigenvalue weighted by Gasteiger charge is -2.20. The van der Waals surface area contributed by atoms with Crippen LogP contribution in [0.3, 0.4) is 0 Å². The molecule has 4 aromatic rings. The van der Waals surface area contributed by atoms with Crippen molar-refractivity contribution in [2.45, 2.75) is 39.0 Å². The van der Waals surface area contributed by atoms with Gasteiger partial charge >= 0.3 is 5.63 Å². The van der Waals surface area contributed by atoms with Gasteiger partial charge in [0.1, 0.15) is 11.4 Å². The summed E-state index contributed by atoms with van der Waals surface area (Å²) in [5.41, 5.74) is 3.48. The highest BCUT2D eigenvalue weighted by atomic mass is 35.5. The SMILES string of the molecule is CCN(CCCCNc1ccnc2cc(Cl)ccc12)CC(=O)NCCCC(=O)Cc1cc(=O)oc2cc(N(C)C)ccc12. The first kappa shape index (κ1) is 32.0. The number of halogens is 1. The second-order valence-corrected chi connectivity index (χ2v) is 11.3. The molecule has 0 bridgehead atoms. The molecule has 2 heterocycles. The van der Waals surface area contributed by atoms with Crippen LogP contribution in [0.4, 0.5) is 11.4 Å². The number of hydrogen-bond donors (Lipinski definition) is 2. The van der Waals surface area contributed by atoms with Crippen molar-refractivity contribution in [2.75, 3.05) is 57.0 Å². The molecule has 0 radical (unpaired) electrons. The molecule has 0 atom stereocenters. The minimum absolute atomic E-state index is 0.0187. The van der Waals surface area contributed by atoms with Crippen LogP contribution in [0.2, 0.25) is 5.02 Å². The standard InChI is InChI=1S/C33H40ClN5O4/c1-4-39(17-6-5-14-35-29-13-16-36-30-20-24(34)9-11-28(29)30)22-32(41)37-15-7-8-26(40)18-23-19-33(42)43-31-21-25(38(2)3)10-12-27(23)31/h9-13,16,19-21H,4-8,14-15,17-18,22H2,1-3H3,(H,35,36)(H,37,41). The summed E-state index contributed by atoms with van der Waals surface area (Å²) in [5, 5.41) is 8.89. The molecule has 43 heavy (non-hydrogen) atoms. The van der Waals surface area contributed by atoms with Crippen molar-refractivity contribution in [2.24, 2.45) is 0 Å². The van der Waals surface area contributed by atoms with Crippen molar-refractivity contribution in [3.8, 4) is 0 Å². The van der Waals surface area contributed by atoms with E-state index in [1.807, 2.05) is 62.3 Å². The number of ketones is 1. The van der Waals surface area contributed by atoms with Crippen molar-refractivity contribution in [3.05, 3.63) is 75.7 Å². The Morgan fingerprint density at radius 3 is 2.58 bits per heavy atom. The van der Waals surface area contributed by atoms with E-state index in [1.54, 1.807) is 12.3 Å². The van der Waals surface area contributed by atoms with Crippen molar-refractivity contribution < 1.29 is 14.0 Å². The number of anilines is 2. The summed E-state index contributed by atoms with van der Waals surface area (Å²) in [5.74, 6) is -0.0251. The molecule has 0 aliphatic carbocycles. The average Bonchev–Trinajstić information content (AvgIpc) is 2.98. The summed E-state index contributed by atoms with van der Waals surface area (Å²) in [7, 11) is 3.82. The highest BCUT2D eigenvalue weighted by Crippen LogP contribution is 2.25. The van der Waals surface area contributed by atoms with E-state index in [-0.39, 0.29) is 18.1 Å². The fourth-order valence-electron chi connectivity index (χ4n) is 5.02. The number of pyridine rings is 1. The quantitative estimate of drug-likeness (QED) is 0.131. The number of rotatable bonds is 16. The lowest BCUT2D eigenvalue weighted by Crippen LogP contribution is -2.38. The maximum atomic E-state index is 12.7. The number of likely N-dealkylation sites (N-methyl/N-ethyl adjacent to an activating group) is 1. The fourth-order valence-corrected chi connectivity index (χ4v) is 5.19. The third kappa shape index (κ3) is 9.27. The average molecular weight is 606 g/mol. The molecule has 2 aromatic heterocycles. The Hall–Kier alpha value is -3.95. The number of Topliss-reactive ketones (excluding diaryl/α,β-unsaturated/α-hetero) is 1. The number of nitrogens with zero attached hydrogens (tertiary/aromatic N) is 3. The van der Waals surface area contributed by atoms with Crippen LogP contribution in [0.1, 0.15) is 38.2 Å². The molecule has 0 aliphatic heterocycles. The molecule has 0 unspecified atom stereocenters. The van der Waals surface area contributed by atoms with E-state index in [2.05, 4.69) is 20.5 Å². The Bertz CT molecular complexity index is 1620. The van der Waals surface area contributed by atoms with E-state index >= 15 is 0 Å². The Kier molecular flexibility index (Phi) is 11.5. The van der Waals surface area contributed by atoms with Crippen LogP contribution in [-0.2, 0) is 16.0 Å². The van der Waals surface area contributed by atoms with Crippen molar-refractivity contribution >= 4 is 56.5 Å². The number of carbonyl (C=O) groups is 2. The van der Waals surface area contributed by atoms with Gasteiger partial charge in [0.05, 0.1) is 12.1 Å². The number of hydrogen-bond acceptors (Lipinski definition) is 8. The molecule has 228 valence electrons. The number of aromatic nitrogens is 1. The summed E-state index contributed by atoms with van der Waals surface area (Å²) in [6, 6.07) is 14.7. The third-order valence-electron chi connectivity index (χ3n) is 7.41. The van der Waals surface area contributed by atoms with E-state index in [1.165, 1.54) is 6.07 Å².